The Balaban J connectivity index is 2.32. The number of carboxylic acids is 1. The third-order valence-corrected chi connectivity index (χ3v) is 6.38. The summed E-state index contributed by atoms with van der Waals surface area (Å²) in [5.74, 6) is -0.374. The zero-order valence-electron chi connectivity index (χ0n) is 18.9. The van der Waals surface area contributed by atoms with Crippen LogP contribution in [0.2, 0.25) is 0 Å². The van der Waals surface area contributed by atoms with Gasteiger partial charge in [-0.05, 0) is 75.1 Å². The van der Waals surface area contributed by atoms with Gasteiger partial charge in [-0.25, -0.2) is 4.79 Å². The second kappa shape index (κ2) is 9.69. The van der Waals surface area contributed by atoms with Gasteiger partial charge in [-0.15, -0.1) is 11.8 Å². The van der Waals surface area contributed by atoms with Crippen LogP contribution in [0.3, 0.4) is 0 Å². The van der Waals surface area contributed by atoms with Crippen molar-refractivity contribution in [3.63, 3.8) is 0 Å². The maximum absolute atomic E-state index is 13.2. The normalized spacial score (nSPS) is 13.6. The van der Waals surface area contributed by atoms with Crippen LogP contribution < -0.4 is 4.74 Å². The predicted molar refractivity (Wildman–Crippen MR) is 123 cm³/mol. The molecule has 162 valence electrons. The van der Waals surface area contributed by atoms with Crippen molar-refractivity contribution in [2.24, 2.45) is 5.92 Å². The van der Waals surface area contributed by atoms with E-state index in [1.165, 1.54) is 0 Å². The summed E-state index contributed by atoms with van der Waals surface area (Å²) in [6, 6.07) is 11.8. The minimum Gasteiger partial charge on any atom is -0.478 e. The van der Waals surface area contributed by atoms with Gasteiger partial charge in [0.15, 0.2) is 11.4 Å². The molecule has 2 rings (SSSR count). The average Bonchev–Trinajstić information content (AvgIpc) is 2.70. The molecule has 2 aromatic rings. The Hall–Kier alpha value is -2.27. The van der Waals surface area contributed by atoms with Gasteiger partial charge in [0.05, 0.1) is 0 Å². The lowest BCUT2D eigenvalue weighted by atomic mass is 9.80. The lowest BCUT2D eigenvalue weighted by Crippen LogP contribution is -2.38. The first-order valence-corrected chi connectivity index (χ1v) is 11.5. The highest BCUT2D eigenvalue weighted by Gasteiger charge is 2.31. The van der Waals surface area contributed by atoms with Crippen LogP contribution in [0.4, 0.5) is 0 Å². The van der Waals surface area contributed by atoms with Gasteiger partial charge in [0.2, 0.25) is 0 Å². The molecule has 0 radical (unpaired) electrons. The third-order valence-electron chi connectivity index (χ3n) is 5.64. The maximum Gasteiger partial charge on any atom is 0.347 e. The number of ether oxygens (including phenoxy) is 1. The van der Waals surface area contributed by atoms with Crippen LogP contribution in [0, 0.1) is 19.8 Å². The van der Waals surface area contributed by atoms with E-state index in [0.29, 0.717) is 5.75 Å². The first-order chi connectivity index (χ1) is 14.0. The number of rotatable bonds is 9. The smallest absolute Gasteiger partial charge is 0.347 e. The summed E-state index contributed by atoms with van der Waals surface area (Å²) in [7, 11) is 0. The Bertz CT molecular complexity index is 892. The molecule has 0 aliphatic carbocycles. The number of aliphatic carboxylic acids is 1. The largest absolute Gasteiger partial charge is 0.478 e. The molecular weight excluding hydrogens is 396 g/mol. The van der Waals surface area contributed by atoms with Crippen LogP contribution in [0.1, 0.15) is 67.1 Å². The molecular formula is C25H32O4S. The Morgan fingerprint density at radius 3 is 2.07 bits per heavy atom. The number of hydrogen-bond acceptors (Lipinski definition) is 4. The first-order valence-electron chi connectivity index (χ1n) is 10.2. The fourth-order valence-corrected chi connectivity index (χ4v) is 4.08. The molecule has 0 unspecified atom stereocenters. The first kappa shape index (κ1) is 24.0. The quantitative estimate of drug-likeness (QED) is 0.376. The van der Waals surface area contributed by atoms with Gasteiger partial charge in [-0.2, -0.15) is 0 Å². The van der Waals surface area contributed by atoms with E-state index >= 15 is 0 Å². The van der Waals surface area contributed by atoms with Gasteiger partial charge in [0.1, 0.15) is 5.75 Å². The van der Waals surface area contributed by atoms with Crippen LogP contribution >= 0.6 is 11.8 Å². The minimum atomic E-state index is -1.31. The minimum absolute atomic E-state index is 0.0293. The standard InChI is InChI=1S/C25H32O4S/c1-8-21(22(26)18-9-11-20(30-7)12-10-18)17(4)19-13-15(2)23(16(3)14-19)29-25(5,6)24(27)28/h9-14,17,21H,8H2,1-7H3,(H,27,28)/t17-,21+/m0/s1. The van der Waals surface area contributed by atoms with Crippen LogP contribution in [0.25, 0.3) is 0 Å². The molecule has 1 N–H and O–H groups in total. The molecule has 2 aromatic carbocycles. The van der Waals surface area contributed by atoms with Crippen LogP contribution in [0.5, 0.6) is 5.75 Å². The number of benzene rings is 2. The van der Waals surface area contributed by atoms with Gasteiger partial charge in [0, 0.05) is 16.4 Å². The fourth-order valence-electron chi connectivity index (χ4n) is 3.67. The highest BCUT2D eigenvalue weighted by molar-refractivity contribution is 7.98. The molecule has 2 atom stereocenters. The van der Waals surface area contributed by atoms with Crippen molar-refractivity contribution < 1.29 is 19.4 Å². The van der Waals surface area contributed by atoms with Crippen molar-refractivity contribution in [3.8, 4) is 5.75 Å². The van der Waals surface area contributed by atoms with Crippen molar-refractivity contribution in [1.29, 1.82) is 0 Å². The molecule has 4 nitrogen and oxygen atoms in total. The predicted octanol–water partition coefficient (Wildman–Crippen LogP) is 6.28. The molecule has 0 amide bonds. The zero-order valence-corrected chi connectivity index (χ0v) is 19.7. The molecule has 0 saturated carbocycles. The van der Waals surface area contributed by atoms with E-state index in [0.717, 1.165) is 33.6 Å². The third kappa shape index (κ3) is 5.25. The molecule has 0 fully saturated rings. The lowest BCUT2D eigenvalue weighted by molar-refractivity contribution is -0.152. The Morgan fingerprint density at radius 2 is 1.63 bits per heavy atom. The molecule has 0 bridgehead atoms. The Morgan fingerprint density at radius 1 is 1.10 bits per heavy atom. The molecule has 0 heterocycles. The van der Waals surface area contributed by atoms with Gasteiger partial charge < -0.3 is 9.84 Å². The topological polar surface area (TPSA) is 63.6 Å². The van der Waals surface area contributed by atoms with E-state index in [1.807, 2.05) is 63.4 Å². The zero-order chi connectivity index (χ0) is 22.6. The average molecular weight is 429 g/mol. The molecule has 0 spiro atoms. The highest BCUT2D eigenvalue weighted by Crippen LogP contribution is 2.35. The fraction of sp³-hybridized carbons (Fsp3) is 0.440. The molecule has 0 aliphatic heterocycles. The summed E-state index contributed by atoms with van der Waals surface area (Å²) >= 11 is 1.66. The van der Waals surface area contributed by atoms with Gasteiger partial charge in [-0.1, -0.05) is 38.1 Å². The van der Waals surface area contributed by atoms with Gasteiger partial charge >= 0.3 is 5.97 Å². The van der Waals surface area contributed by atoms with Crippen molar-refractivity contribution in [3.05, 3.63) is 58.7 Å². The second-order valence-electron chi connectivity index (χ2n) is 8.30. The summed E-state index contributed by atoms with van der Waals surface area (Å²) in [5.41, 5.74) is 2.23. The second-order valence-corrected chi connectivity index (χ2v) is 9.18. The molecule has 30 heavy (non-hydrogen) atoms. The summed E-state index contributed by atoms with van der Waals surface area (Å²) < 4.78 is 5.82. The number of ketones is 1. The summed E-state index contributed by atoms with van der Waals surface area (Å²) in [6.45, 7) is 11.0. The van der Waals surface area contributed by atoms with Crippen LogP contribution in [-0.2, 0) is 4.79 Å². The van der Waals surface area contributed by atoms with Crippen molar-refractivity contribution in [1.82, 2.24) is 0 Å². The number of thioether (sulfide) groups is 1. The Labute approximate surface area is 184 Å². The van der Waals surface area contributed by atoms with Crippen molar-refractivity contribution in [2.45, 2.75) is 64.4 Å². The number of carbonyl (C=O) groups is 2. The summed E-state index contributed by atoms with van der Waals surface area (Å²) in [6.07, 6.45) is 2.76. The number of Topliss-reactive ketones (excluding diaryl/α,β-unsaturated/α-hetero) is 1. The van der Waals surface area contributed by atoms with Crippen molar-refractivity contribution in [2.75, 3.05) is 6.26 Å². The van der Waals surface area contributed by atoms with Crippen molar-refractivity contribution >= 4 is 23.5 Å². The van der Waals surface area contributed by atoms with E-state index in [1.54, 1.807) is 25.6 Å². The SMILES string of the molecule is CC[C@@H](C(=O)c1ccc(SC)cc1)[C@@H](C)c1cc(C)c(OC(C)(C)C(=O)O)c(C)c1. The monoisotopic (exact) mass is 428 g/mol. The van der Waals surface area contributed by atoms with E-state index in [4.69, 9.17) is 4.74 Å². The number of carboxylic acid groups (broad SMARTS) is 1. The van der Waals surface area contributed by atoms with E-state index in [9.17, 15) is 14.7 Å². The molecule has 5 heteroatoms. The van der Waals surface area contributed by atoms with Crippen LogP contribution in [-0.4, -0.2) is 28.7 Å². The van der Waals surface area contributed by atoms with E-state index in [-0.39, 0.29) is 17.6 Å². The summed E-state index contributed by atoms with van der Waals surface area (Å²) in [5, 5.41) is 9.37. The van der Waals surface area contributed by atoms with E-state index < -0.39 is 11.6 Å². The maximum atomic E-state index is 13.2. The van der Waals surface area contributed by atoms with Gasteiger partial charge in [0.25, 0.3) is 0 Å². The highest BCUT2D eigenvalue weighted by atomic mass is 32.2. The molecule has 0 aliphatic rings. The molecule has 0 saturated heterocycles. The van der Waals surface area contributed by atoms with E-state index in [2.05, 4.69) is 6.92 Å². The van der Waals surface area contributed by atoms with Gasteiger partial charge in [-0.3, -0.25) is 4.79 Å². The summed E-state index contributed by atoms with van der Waals surface area (Å²) in [4.78, 5) is 25.8. The lowest BCUT2D eigenvalue weighted by Gasteiger charge is -2.27. The number of carbonyl (C=O) groups excluding carboxylic acids is 1. The molecule has 0 aromatic heterocycles. The number of hydrogen-bond donors (Lipinski definition) is 1. The Kier molecular flexibility index (Phi) is 7.75. The van der Waals surface area contributed by atoms with Crippen LogP contribution in [0.15, 0.2) is 41.3 Å². The number of aryl methyl sites for hydroxylation is 2.